The van der Waals surface area contributed by atoms with E-state index in [9.17, 15) is 5.11 Å². The van der Waals surface area contributed by atoms with Crippen molar-refractivity contribution < 1.29 is 5.11 Å². The molecule has 1 fully saturated rings. The molecule has 7 heteroatoms. The minimum atomic E-state index is -0.0717. The van der Waals surface area contributed by atoms with Crippen LogP contribution in [0.2, 0.25) is 5.02 Å². The molecule has 1 saturated heterocycles. The van der Waals surface area contributed by atoms with E-state index in [0.717, 1.165) is 22.8 Å². The van der Waals surface area contributed by atoms with Gasteiger partial charge in [0.2, 0.25) is 0 Å². The molecule has 0 amide bonds. The molecule has 0 radical (unpaired) electrons. The maximum absolute atomic E-state index is 9.41. The van der Waals surface area contributed by atoms with Gasteiger partial charge in [0.15, 0.2) is 5.11 Å². The van der Waals surface area contributed by atoms with Crippen molar-refractivity contribution in [3.05, 3.63) is 82.4 Å². The van der Waals surface area contributed by atoms with Crippen LogP contribution in [0.15, 0.2) is 54.7 Å². The lowest BCUT2D eigenvalue weighted by atomic mass is 9.96. The van der Waals surface area contributed by atoms with Crippen LogP contribution in [0.3, 0.4) is 0 Å². The molecule has 2 N–H and O–H groups in total. The number of hydrogen-bond acceptors (Lipinski definition) is 3. The highest BCUT2D eigenvalue weighted by atomic mass is 35.5. The summed E-state index contributed by atoms with van der Waals surface area (Å²) in [6.45, 7) is 5.01. The van der Waals surface area contributed by atoms with Gasteiger partial charge >= 0.3 is 0 Å². The zero-order valence-electron chi connectivity index (χ0n) is 17.0. The summed E-state index contributed by atoms with van der Waals surface area (Å²) in [5.41, 5.74) is 5.31. The van der Waals surface area contributed by atoms with Crippen LogP contribution in [0.1, 0.15) is 41.1 Å². The molecule has 2 unspecified atom stereocenters. The van der Waals surface area contributed by atoms with Gasteiger partial charge in [-0.15, -0.1) is 0 Å². The highest BCUT2D eigenvalue weighted by molar-refractivity contribution is 7.80. The van der Waals surface area contributed by atoms with Gasteiger partial charge in [0.25, 0.3) is 0 Å². The number of rotatable bonds is 6. The van der Waals surface area contributed by atoms with Crippen molar-refractivity contribution >= 4 is 28.9 Å². The second-order valence-corrected chi connectivity index (χ2v) is 8.30. The fraction of sp³-hybridized carbons (Fsp3) is 0.304. The molecule has 1 aromatic carbocycles. The summed E-state index contributed by atoms with van der Waals surface area (Å²) >= 11 is 12.2. The number of hydrogen-bond donors (Lipinski definition) is 2. The van der Waals surface area contributed by atoms with Crippen LogP contribution in [0, 0.1) is 13.8 Å². The highest BCUT2D eigenvalue weighted by Gasteiger charge is 2.41. The number of benzene rings is 1. The van der Waals surface area contributed by atoms with Gasteiger partial charge in [0.1, 0.15) is 0 Å². The summed E-state index contributed by atoms with van der Waals surface area (Å²) in [5.74, 6) is 0. The van der Waals surface area contributed by atoms with E-state index in [1.807, 2.05) is 42.5 Å². The first-order valence-corrected chi connectivity index (χ1v) is 10.8. The Bertz CT molecular complexity index is 1050. The lowest BCUT2D eigenvalue weighted by Crippen LogP contribution is -2.31. The molecule has 0 aliphatic carbocycles. The van der Waals surface area contributed by atoms with Crippen molar-refractivity contribution in [2.45, 2.75) is 32.4 Å². The van der Waals surface area contributed by atoms with Crippen LogP contribution in [0.5, 0.6) is 0 Å². The molecular formula is C23H25ClN4OS. The molecule has 1 aliphatic rings. The molecule has 4 rings (SSSR count). The quantitative estimate of drug-likeness (QED) is 0.553. The number of aryl methyl sites for hydroxylation is 1. The van der Waals surface area contributed by atoms with Gasteiger partial charge in [0, 0.05) is 30.7 Å². The fourth-order valence-electron chi connectivity index (χ4n) is 4.32. The highest BCUT2D eigenvalue weighted by Crippen LogP contribution is 2.41. The number of nitrogens with zero attached hydrogens (tertiary/aromatic N) is 3. The van der Waals surface area contributed by atoms with Crippen molar-refractivity contribution in [3.8, 4) is 5.69 Å². The predicted octanol–water partition coefficient (Wildman–Crippen LogP) is 4.50. The van der Waals surface area contributed by atoms with E-state index >= 15 is 0 Å². The van der Waals surface area contributed by atoms with Crippen LogP contribution in [0.25, 0.3) is 5.69 Å². The topological polar surface area (TPSA) is 53.3 Å². The molecule has 3 heterocycles. The van der Waals surface area contributed by atoms with Crippen LogP contribution in [0.4, 0.5) is 0 Å². The monoisotopic (exact) mass is 440 g/mol. The first-order chi connectivity index (χ1) is 14.5. The van der Waals surface area contributed by atoms with Gasteiger partial charge in [-0.1, -0.05) is 29.8 Å². The Balaban J connectivity index is 1.83. The third-order valence-electron chi connectivity index (χ3n) is 5.64. The molecule has 0 saturated carbocycles. The van der Waals surface area contributed by atoms with E-state index in [0.29, 0.717) is 23.1 Å². The maximum atomic E-state index is 9.41. The van der Waals surface area contributed by atoms with Gasteiger partial charge < -0.3 is 19.9 Å². The molecule has 30 heavy (non-hydrogen) atoms. The minimum Gasteiger partial charge on any atom is -0.396 e. The Morgan fingerprint density at radius 1 is 1.17 bits per heavy atom. The summed E-state index contributed by atoms with van der Waals surface area (Å²) in [7, 11) is 0. The Morgan fingerprint density at radius 2 is 1.93 bits per heavy atom. The summed E-state index contributed by atoms with van der Waals surface area (Å²) in [4.78, 5) is 6.76. The SMILES string of the molecule is Cc1cc(C2C(c3ccccn3)NC(=S)N2CCCO)c(C)n1-c1ccccc1Cl. The lowest BCUT2D eigenvalue weighted by Gasteiger charge is -2.28. The van der Waals surface area contributed by atoms with E-state index in [2.05, 4.69) is 39.7 Å². The van der Waals surface area contributed by atoms with Crippen LogP contribution >= 0.6 is 23.8 Å². The largest absolute Gasteiger partial charge is 0.396 e. The van der Waals surface area contributed by atoms with Gasteiger partial charge in [0.05, 0.1) is 28.5 Å². The van der Waals surface area contributed by atoms with Gasteiger partial charge in [-0.3, -0.25) is 4.98 Å². The molecule has 0 bridgehead atoms. The smallest absolute Gasteiger partial charge is 0.170 e. The van der Waals surface area contributed by atoms with Crippen LogP contribution in [-0.2, 0) is 0 Å². The van der Waals surface area contributed by atoms with Crippen molar-refractivity contribution in [1.29, 1.82) is 0 Å². The van der Waals surface area contributed by atoms with E-state index in [1.54, 1.807) is 6.20 Å². The molecule has 2 atom stereocenters. The van der Waals surface area contributed by atoms with Crippen molar-refractivity contribution in [3.63, 3.8) is 0 Å². The molecule has 1 aliphatic heterocycles. The van der Waals surface area contributed by atoms with E-state index in [4.69, 9.17) is 23.8 Å². The number of aliphatic hydroxyl groups is 1. The molecule has 156 valence electrons. The third-order valence-corrected chi connectivity index (χ3v) is 6.31. The molecule has 0 spiro atoms. The van der Waals surface area contributed by atoms with E-state index in [-0.39, 0.29) is 18.7 Å². The molecule has 3 aromatic rings. The first kappa shape index (κ1) is 20.8. The van der Waals surface area contributed by atoms with Gasteiger partial charge in [-0.05, 0) is 68.4 Å². The van der Waals surface area contributed by atoms with Gasteiger partial charge in [-0.2, -0.15) is 0 Å². The average molecular weight is 441 g/mol. The van der Waals surface area contributed by atoms with Crippen molar-refractivity contribution in [1.82, 2.24) is 19.8 Å². The summed E-state index contributed by atoms with van der Waals surface area (Å²) < 4.78 is 2.19. The summed E-state index contributed by atoms with van der Waals surface area (Å²) in [6, 6.07) is 15.9. The average Bonchev–Trinajstić information content (AvgIpc) is 3.23. The van der Waals surface area contributed by atoms with Crippen LogP contribution in [-0.4, -0.2) is 37.8 Å². The zero-order valence-corrected chi connectivity index (χ0v) is 18.6. The Morgan fingerprint density at radius 3 is 2.63 bits per heavy atom. The Hall–Kier alpha value is -2.41. The standard InChI is InChI=1S/C23H25ClN4OS/c1-15-14-17(16(2)28(15)20-10-4-3-8-18(20)24)22-21(19-9-5-6-11-25-19)26-23(30)27(22)12-7-13-29/h3-6,8-11,14,21-22,29H,7,12-13H2,1-2H3,(H,26,30). The van der Waals surface area contributed by atoms with E-state index < -0.39 is 0 Å². The Labute approximate surface area is 187 Å². The predicted molar refractivity (Wildman–Crippen MR) is 124 cm³/mol. The normalized spacial score (nSPS) is 18.7. The first-order valence-electron chi connectivity index (χ1n) is 10.1. The molecular weight excluding hydrogens is 416 g/mol. The summed E-state index contributed by atoms with van der Waals surface area (Å²) in [6.07, 6.45) is 2.46. The zero-order chi connectivity index (χ0) is 21.3. The molecule has 5 nitrogen and oxygen atoms in total. The third kappa shape index (κ3) is 3.71. The van der Waals surface area contributed by atoms with Crippen molar-refractivity contribution in [2.24, 2.45) is 0 Å². The Kier molecular flexibility index (Phi) is 6.09. The van der Waals surface area contributed by atoms with Crippen molar-refractivity contribution in [2.75, 3.05) is 13.2 Å². The van der Waals surface area contributed by atoms with Crippen LogP contribution < -0.4 is 5.32 Å². The number of pyridine rings is 1. The number of thiocarbonyl (C=S) groups is 1. The minimum absolute atomic E-state index is 0.0265. The number of aliphatic hydroxyl groups excluding tert-OH is 1. The number of nitrogens with one attached hydrogen (secondary N) is 1. The molecule has 2 aromatic heterocycles. The second-order valence-electron chi connectivity index (χ2n) is 7.51. The summed E-state index contributed by atoms with van der Waals surface area (Å²) in [5, 5.41) is 14.3. The maximum Gasteiger partial charge on any atom is 0.170 e. The second kappa shape index (κ2) is 8.76. The number of aromatic nitrogens is 2. The fourth-order valence-corrected chi connectivity index (χ4v) is 4.87. The van der Waals surface area contributed by atoms with E-state index in [1.165, 1.54) is 5.56 Å². The number of para-hydroxylation sites is 1. The van der Waals surface area contributed by atoms with Gasteiger partial charge in [-0.25, -0.2) is 0 Å². The lowest BCUT2D eigenvalue weighted by molar-refractivity contribution is 0.247. The number of halogens is 1.